The summed E-state index contributed by atoms with van der Waals surface area (Å²) in [6.07, 6.45) is 3.23. The van der Waals surface area contributed by atoms with Crippen LogP contribution in [0.5, 0.6) is 0 Å². The number of carbonyl (C=O) groups excluding carboxylic acids is 1. The number of nitrogens with one attached hydrogen (secondary N) is 1. The second-order valence-electron chi connectivity index (χ2n) is 3.83. The Bertz CT molecular complexity index is 588. The highest BCUT2D eigenvalue weighted by molar-refractivity contribution is 5.97. The number of pyridine rings is 2. The molecule has 0 bridgehead atoms. The van der Waals surface area contributed by atoms with E-state index >= 15 is 0 Å². The van der Waals surface area contributed by atoms with Gasteiger partial charge in [0.05, 0.1) is 0 Å². The zero-order chi connectivity index (χ0) is 12.3. The van der Waals surface area contributed by atoms with Crippen molar-refractivity contribution in [2.45, 2.75) is 13.3 Å². The van der Waals surface area contributed by atoms with E-state index in [-0.39, 0.29) is 17.8 Å². The molecule has 0 radical (unpaired) electrons. The minimum Gasteiger partial charge on any atom is -0.326 e. The lowest BCUT2D eigenvalue weighted by Gasteiger charge is -2.01. The number of hydrogen-bond acceptors (Lipinski definition) is 3. The van der Waals surface area contributed by atoms with Crippen LogP contribution in [0.2, 0.25) is 0 Å². The van der Waals surface area contributed by atoms with Crippen LogP contribution in [-0.2, 0) is 6.42 Å². The number of carbonyl (C=O) groups is 1. The molecule has 2 rings (SSSR count). The molecule has 2 aromatic heterocycles. The molecule has 2 aromatic rings. The topological polar surface area (TPSA) is 62.8 Å². The van der Waals surface area contributed by atoms with Gasteiger partial charge in [0, 0.05) is 35.6 Å². The van der Waals surface area contributed by atoms with Gasteiger partial charge in [-0.15, -0.1) is 0 Å². The summed E-state index contributed by atoms with van der Waals surface area (Å²) in [7, 11) is 0. The fourth-order valence-electron chi connectivity index (χ4n) is 1.55. The molecule has 2 heterocycles. The van der Waals surface area contributed by atoms with E-state index < -0.39 is 0 Å². The first-order chi connectivity index (χ1) is 8.16. The number of Topliss-reactive ketones (excluding diaryl/α,β-unsaturated/α-hetero) is 1. The summed E-state index contributed by atoms with van der Waals surface area (Å²) in [6, 6.07) is 6.76. The summed E-state index contributed by atoms with van der Waals surface area (Å²) in [5, 5.41) is 0. The lowest BCUT2D eigenvalue weighted by Crippen LogP contribution is -2.16. The number of aromatic amines is 1. The van der Waals surface area contributed by atoms with Gasteiger partial charge < -0.3 is 4.98 Å². The third-order valence-electron chi connectivity index (χ3n) is 2.49. The molecule has 17 heavy (non-hydrogen) atoms. The molecule has 4 nitrogen and oxygen atoms in total. The van der Waals surface area contributed by atoms with Crippen LogP contribution in [0.3, 0.4) is 0 Å². The van der Waals surface area contributed by atoms with Crippen LogP contribution >= 0.6 is 0 Å². The van der Waals surface area contributed by atoms with Crippen LogP contribution < -0.4 is 5.56 Å². The predicted molar refractivity (Wildman–Crippen MR) is 64.1 cm³/mol. The van der Waals surface area contributed by atoms with Gasteiger partial charge in [0.15, 0.2) is 5.78 Å². The highest BCUT2D eigenvalue weighted by atomic mass is 16.1. The van der Waals surface area contributed by atoms with Crippen LogP contribution in [0, 0.1) is 6.92 Å². The summed E-state index contributed by atoms with van der Waals surface area (Å²) < 4.78 is 0. The second-order valence-corrected chi connectivity index (χ2v) is 3.83. The molecule has 4 heteroatoms. The third-order valence-corrected chi connectivity index (χ3v) is 2.49. The van der Waals surface area contributed by atoms with Gasteiger partial charge in [-0.3, -0.25) is 14.6 Å². The zero-order valence-electron chi connectivity index (χ0n) is 9.43. The number of aryl methyl sites for hydroxylation is 1. The Kier molecular flexibility index (Phi) is 3.14. The van der Waals surface area contributed by atoms with E-state index in [0.717, 1.165) is 5.69 Å². The zero-order valence-corrected chi connectivity index (χ0v) is 9.43. The van der Waals surface area contributed by atoms with E-state index in [1.54, 1.807) is 43.6 Å². The minimum atomic E-state index is -0.201. The van der Waals surface area contributed by atoms with Crippen LogP contribution in [0.4, 0.5) is 0 Å². The molecule has 0 saturated heterocycles. The van der Waals surface area contributed by atoms with Crippen molar-refractivity contribution in [2.24, 2.45) is 0 Å². The number of H-pyrrole nitrogens is 1. The lowest BCUT2D eigenvalue weighted by atomic mass is 10.1. The Morgan fingerprint density at radius 2 is 1.94 bits per heavy atom. The molecule has 0 unspecified atom stereocenters. The highest BCUT2D eigenvalue weighted by Gasteiger charge is 2.09. The third kappa shape index (κ3) is 2.66. The molecule has 0 fully saturated rings. The molecule has 0 aliphatic rings. The van der Waals surface area contributed by atoms with E-state index in [9.17, 15) is 9.59 Å². The van der Waals surface area contributed by atoms with Crippen molar-refractivity contribution in [3.8, 4) is 0 Å². The second kappa shape index (κ2) is 4.74. The number of nitrogens with zero attached hydrogens (tertiary/aromatic N) is 1. The van der Waals surface area contributed by atoms with E-state index in [4.69, 9.17) is 0 Å². The standard InChI is InChI=1S/C13H12N2O2/c1-9-2-3-11(13(17)15-9)8-12(16)10-4-6-14-7-5-10/h2-7H,8H2,1H3,(H,15,17). The molecule has 0 spiro atoms. The molecule has 0 aliphatic carbocycles. The molecule has 0 aromatic carbocycles. The van der Waals surface area contributed by atoms with Crippen LogP contribution in [0.15, 0.2) is 41.5 Å². The van der Waals surface area contributed by atoms with E-state index in [1.807, 2.05) is 0 Å². The van der Waals surface area contributed by atoms with E-state index in [2.05, 4.69) is 9.97 Å². The molecule has 0 amide bonds. The van der Waals surface area contributed by atoms with Gasteiger partial charge in [-0.25, -0.2) is 0 Å². The molecule has 86 valence electrons. The Labute approximate surface area is 98.3 Å². The largest absolute Gasteiger partial charge is 0.326 e. The number of rotatable bonds is 3. The molecular weight excluding hydrogens is 216 g/mol. The first-order valence-corrected chi connectivity index (χ1v) is 5.29. The molecule has 0 aliphatic heterocycles. The van der Waals surface area contributed by atoms with Gasteiger partial charge in [-0.1, -0.05) is 6.07 Å². The summed E-state index contributed by atoms with van der Waals surface area (Å²) >= 11 is 0. The summed E-state index contributed by atoms with van der Waals surface area (Å²) in [5.74, 6) is -0.0817. The number of hydrogen-bond donors (Lipinski definition) is 1. The fourth-order valence-corrected chi connectivity index (χ4v) is 1.55. The Morgan fingerprint density at radius 3 is 2.59 bits per heavy atom. The van der Waals surface area contributed by atoms with Gasteiger partial charge in [0.1, 0.15) is 0 Å². The summed E-state index contributed by atoms with van der Waals surface area (Å²) in [6.45, 7) is 1.80. The van der Waals surface area contributed by atoms with Crippen molar-refractivity contribution in [3.63, 3.8) is 0 Å². The van der Waals surface area contributed by atoms with Crippen LogP contribution in [0.1, 0.15) is 21.6 Å². The minimum absolute atomic E-state index is 0.0817. The van der Waals surface area contributed by atoms with Gasteiger partial charge in [0.25, 0.3) is 5.56 Å². The average Bonchev–Trinajstić information content (AvgIpc) is 2.34. The fraction of sp³-hybridized carbons (Fsp3) is 0.154. The quantitative estimate of drug-likeness (QED) is 0.810. The first-order valence-electron chi connectivity index (χ1n) is 5.29. The summed E-state index contributed by atoms with van der Waals surface area (Å²) in [4.78, 5) is 30.0. The van der Waals surface area contributed by atoms with E-state index in [0.29, 0.717) is 11.1 Å². The van der Waals surface area contributed by atoms with Crippen LogP contribution in [0.25, 0.3) is 0 Å². The van der Waals surface area contributed by atoms with Crippen molar-refractivity contribution >= 4 is 5.78 Å². The predicted octanol–water partition coefficient (Wildman–Crippen LogP) is 1.50. The van der Waals surface area contributed by atoms with Crippen molar-refractivity contribution in [1.82, 2.24) is 9.97 Å². The Balaban J connectivity index is 2.22. The van der Waals surface area contributed by atoms with Crippen molar-refractivity contribution in [1.29, 1.82) is 0 Å². The molecule has 0 saturated carbocycles. The normalized spacial score (nSPS) is 10.2. The maximum absolute atomic E-state index is 11.9. The SMILES string of the molecule is Cc1ccc(CC(=O)c2ccncc2)c(=O)[nH]1. The Morgan fingerprint density at radius 1 is 1.24 bits per heavy atom. The molecular formula is C13H12N2O2. The first kappa shape index (κ1) is 11.3. The van der Waals surface area contributed by atoms with Crippen molar-refractivity contribution in [2.75, 3.05) is 0 Å². The number of ketones is 1. The molecule has 0 atom stereocenters. The van der Waals surface area contributed by atoms with Gasteiger partial charge >= 0.3 is 0 Å². The highest BCUT2D eigenvalue weighted by Crippen LogP contribution is 2.03. The molecule has 1 N–H and O–H groups in total. The van der Waals surface area contributed by atoms with Crippen molar-refractivity contribution in [3.05, 3.63) is 63.8 Å². The van der Waals surface area contributed by atoms with Gasteiger partial charge in [-0.2, -0.15) is 0 Å². The number of aromatic nitrogens is 2. The Hall–Kier alpha value is -2.23. The maximum atomic E-state index is 11.9. The smallest absolute Gasteiger partial charge is 0.251 e. The van der Waals surface area contributed by atoms with Crippen molar-refractivity contribution < 1.29 is 4.79 Å². The average molecular weight is 228 g/mol. The monoisotopic (exact) mass is 228 g/mol. The summed E-state index contributed by atoms with van der Waals surface area (Å²) in [5.41, 5.74) is 1.64. The van der Waals surface area contributed by atoms with Crippen LogP contribution in [-0.4, -0.2) is 15.8 Å². The lowest BCUT2D eigenvalue weighted by molar-refractivity contribution is 0.0992. The van der Waals surface area contributed by atoms with E-state index in [1.165, 1.54) is 0 Å². The maximum Gasteiger partial charge on any atom is 0.251 e. The van der Waals surface area contributed by atoms with Gasteiger partial charge in [-0.05, 0) is 25.1 Å². The van der Waals surface area contributed by atoms with Gasteiger partial charge in [0.2, 0.25) is 0 Å².